The van der Waals surface area contributed by atoms with Gasteiger partial charge in [0, 0.05) is 105 Å². The number of rotatable bonds is 10. The molecule has 4 heterocycles. The minimum absolute atomic E-state index is 0. The largest absolute Gasteiger partial charge is 0.305 e. The quantitative estimate of drug-likeness (QED) is 0.128. The first-order chi connectivity index (χ1) is 37.1. The summed E-state index contributed by atoms with van der Waals surface area (Å²) < 4.78 is 13.0. The maximum Gasteiger partial charge on any atom is 0.123 e. The Morgan fingerprint density at radius 1 is 0.400 bits per heavy atom. The van der Waals surface area contributed by atoms with E-state index in [0.717, 1.165) is 68.1 Å². The first-order valence-corrected chi connectivity index (χ1v) is 25.7. The first kappa shape index (κ1) is 66.2. The molecule has 0 aliphatic rings. The molecule has 0 fully saturated rings. The van der Waals surface area contributed by atoms with Gasteiger partial charge in [0.15, 0.2) is 0 Å². The number of aryl methyl sites for hydroxylation is 1. The van der Waals surface area contributed by atoms with Crippen LogP contribution >= 0.6 is 0 Å². The first-order valence-electron chi connectivity index (χ1n) is 25.7. The molecule has 11 aromatic rings. The van der Waals surface area contributed by atoms with Gasteiger partial charge >= 0.3 is 0 Å². The molecule has 4 nitrogen and oxygen atoms in total. The molecule has 0 saturated carbocycles. The molecule has 0 aliphatic carbocycles. The molecule has 4 aromatic heterocycles. The van der Waals surface area contributed by atoms with Crippen molar-refractivity contribution >= 4 is 0 Å². The smallest absolute Gasteiger partial charge is 0.123 e. The molecule has 0 saturated heterocycles. The Morgan fingerprint density at radius 3 is 1.46 bits per heavy atom. The third kappa shape index (κ3) is 19.4. The molecule has 7 aromatic carbocycles. The molecule has 0 spiro atoms. The Bertz CT molecular complexity index is 3490. The molecule has 0 atom stereocenters. The SMILES string of the molecule is CC(C)Cc1cccc(-c2cc[c-]c(-c3ccccn3)c2)c1.CC(C)c1ccc(-c2[c-]ccc(-c3ccccc3)c2)nc1.Cc1ccnc(-c2[c-]ccc(-c3ccc(F)cc3)c2)c1C.[Ir].[Ir].[Ir].[Ir].[c-]1ccccc1-c1ccccn1. The fourth-order valence-corrected chi connectivity index (χ4v) is 8.40. The summed E-state index contributed by atoms with van der Waals surface area (Å²) in [5.74, 6) is 0.951. The summed E-state index contributed by atoms with van der Waals surface area (Å²) in [6, 6.07) is 82.9. The molecule has 4 radical (unpaired) electrons. The summed E-state index contributed by atoms with van der Waals surface area (Å²) in [5, 5.41) is 0. The molecule has 9 heteroatoms. The fraction of sp³-hybridized carbons (Fsp3) is 0.127. The normalized spacial score (nSPS) is 10.1. The van der Waals surface area contributed by atoms with Gasteiger partial charge in [-0.05, 0) is 113 Å². The number of nitrogens with zero attached hydrogens (tertiary/aromatic N) is 4. The van der Waals surface area contributed by atoms with E-state index in [1.54, 1.807) is 18.3 Å². The number of benzene rings is 7. The van der Waals surface area contributed by atoms with E-state index in [4.69, 9.17) is 0 Å². The van der Waals surface area contributed by atoms with Crippen LogP contribution in [0.3, 0.4) is 0 Å². The minimum atomic E-state index is -0.224. The Morgan fingerprint density at radius 2 is 0.912 bits per heavy atom. The summed E-state index contributed by atoms with van der Waals surface area (Å²) in [4.78, 5) is 17.7. The zero-order valence-corrected chi connectivity index (χ0v) is 55.0. The van der Waals surface area contributed by atoms with E-state index < -0.39 is 0 Å². The van der Waals surface area contributed by atoms with Crippen molar-refractivity contribution in [3.8, 4) is 78.4 Å². The van der Waals surface area contributed by atoms with Crippen LogP contribution in [0.5, 0.6) is 0 Å². The molecular formula is C71H61FIr4N4-4. The van der Waals surface area contributed by atoms with Gasteiger partial charge in [0.1, 0.15) is 5.82 Å². The van der Waals surface area contributed by atoms with Crippen LogP contribution < -0.4 is 0 Å². The topological polar surface area (TPSA) is 51.6 Å². The monoisotopic (exact) mass is 1760 g/mol. The average Bonchev–Trinajstić information content (AvgIpc) is 3.47. The van der Waals surface area contributed by atoms with Gasteiger partial charge < -0.3 is 19.9 Å². The average molecular weight is 1760 g/mol. The number of halogens is 1. The maximum absolute atomic E-state index is 13.0. The van der Waals surface area contributed by atoms with Gasteiger partial charge in [-0.1, -0.05) is 142 Å². The third-order valence-electron chi connectivity index (χ3n) is 12.6. The van der Waals surface area contributed by atoms with E-state index in [1.807, 2.05) is 122 Å². The molecule has 11 rings (SSSR count). The van der Waals surface area contributed by atoms with Crippen LogP contribution in [0.1, 0.15) is 55.9 Å². The minimum Gasteiger partial charge on any atom is -0.305 e. The number of hydrogen-bond donors (Lipinski definition) is 0. The summed E-state index contributed by atoms with van der Waals surface area (Å²) >= 11 is 0. The second-order valence-electron chi connectivity index (χ2n) is 19.1. The number of hydrogen-bond acceptors (Lipinski definition) is 4. The maximum atomic E-state index is 13.0. The van der Waals surface area contributed by atoms with Crippen molar-refractivity contribution < 1.29 is 84.8 Å². The van der Waals surface area contributed by atoms with E-state index in [9.17, 15) is 4.39 Å². The van der Waals surface area contributed by atoms with Gasteiger partial charge in [-0.15, -0.1) is 142 Å². The molecular weight excluding hydrogens is 1700 g/mol. The number of pyridine rings is 4. The zero-order valence-electron chi connectivity index (χ0n) is 45.4. The van der Waals surface area contributed by atoms with Gasteiger partial charge in [0.2, 0.25) is 0 Å². The van der Waals surface area contributed by atoms with Crippen molar-refractivity contribution in [1.82, 2.24) is 19.9 Å². The van der Waals surface area contributed by atoms with Gasteiger partial charge in [0.05, 0.1) is 0 Å². The Kier molecular flexibility index (Phi) is 28.2. The van der Waals surface area contributed by atoms with Crippen LogP contribution in [0.4, 0.5) is 4.39 Å². The molecule has 0 bridgehead atoms. The zero-order chi connectivity index (χ0) is 53.1. The molecule has 0 aliphatic heterocycles. The van der Waals surface area contributed by atoms with E-state index >= 15 is 0 Å². The van der Waals surface area contributed by atoms with Gasteiger partial charge in [-0.3, -0.25) is 0 Å². The van der Waals surface area contributed by atoms with Crippen molar-refractivity contribution in [1.29, 1.82) is 0 Å². The third-order valence-corrected chi connectivity index (χ3v) is 12.6. The predicted octanol–water partition coefficient (Wildman–Crippen LogP) is 18.3. The van der Waals surface area contributed by atoms with Gasteiger partial charge in [-0.2, -0.15) is 0 Å². The predicted molar refractivity (Wildman–Crippen MR) is 312 cm³/mol. The summed E-state index contributed by atoms with van der Waals surface area (Å²) in [6.07, 6.45) is 8.49. The second-order valence-corrected chi connectivity index (χ2v) is 19.1. The molecule has 0 unspecified atom stereocenters. The standard InChI is InChI=1S/C21H20N.C20H18N.C19H15FN.C11H8N.4Ir/c1-16(2)13-17-7-5-8-18(14-17)19-9-6-10-20(15-19)21-11-3-4-12-22-21;1-15(2)19-11-12-20(21-14-19)18-10-6-9-17(13-18)16-7-4-3-5-8-16;1-13-10-11-21-19(14(13)2)17-5-3-4-16(12-17)15-6-8-18(20)9-7-15;1-2-6-10(7-3-1)11-8-4-5-9-12-11;;;;/h3-9,11-12,14-16H,13H2,1-2H3;3-9,11-15H,1-2H3;3-4,6-12H,1-2H3;1-6,8-9H;;;;/q4*-1;;;;. The van der Waals surface area contributed by atoms with Gasteiger partial charge in [0.25, 0.3) is 0 Å². The van der Waals surface area contributed by atoms with Crippen molar-refractivity contribution in [2.24, 2.45) is 5.92 Å². The molecule has 80 heavy (non-hydrogen) atoms. The second kappa shape index (κ2) is 34.1. The van der Waals surface area contributed by atoms with E-state index in [0.29, 0.717) is 11.8 Å². The Hall–Kier alpha value is -6.33. The Balaban J connectivity index is 0.000000230. The molecule has 0 N–H and O–H groups in total. The molecule has 412 valence electrons. The van der Waals surface area contributed by atoms with Crippen LogP contribution in [0.2, 0.25) is 0 Å². The molecule has 0 amide bonds. The van der Waals surface area contributed by atoms with Crippen LogP contribution in [0.25, 0.3) is 78.4 Å². The van der Waals surface area contributed by atoms with Crippen LogP contribution in [-0.4, -0.2) is 19.9 Å². The van der Waals surface area contributed by atoms with Crippen LogP contribution in [0.15, 0.2) is 237 Å². The Labute approximate surface area is 527 Å². The van der Waals surface area contributed by atoms with E-state index in [2.05, 4.69) is 171 Å². The van der Waals surface area contributed by atoms with E-state index in [-0.39, 0.29) is 86.2 Å². The summed E-state index contributed by atoms with van der Waals surface area (Å²) in [7, 11) is 0. The van der Waals surface area contributed by atoms with Gasteiger partial charge in [-0.25, -0.2) is 4.39 Å². The van der Waals surface area contributed by atoms with Crippen molar-refractivity contribution in [3.05, 3.63) is 289 Å². The van der Waals surface area contributed by atoms with Crippen LogP contribution in [-0.2, 0) is 86.8 Å². The fourth-order valence-electron chi connectivity index (χ4n) is 8.40. The number of aromatic nitrogens is 4. The van der Waals surface area contributed by atoms with E-state index in [1.165, 1.54) is 51.1 Å². The van der Waals surface area contributed by atoms with Crippen LogP contribution in [0, 0.1) is 49.8 Å². The van der Waals surface area contributed by atoms with Crippen molar-refractivity contribution in [2.75, 3.05) is 0 Å². The van der Waals surface area contributed by atoms with Crippen molar-refractivity contribution in [3.63, 3.8) is 0 Å². The summed E-state index contributed by atoms with van der Waals surface area (Å²) in [5.41, 5.74) is 19.8. The van der Waals surface area contributed by atoms with Crippen molar-refractivity contribution in [2.45, 2.75) is 53.9 Å². The summed E-state index contributed by atoms with van der Waals surface area (Å²) in [6.45, 7) is 13.0.